The molecule has 0 radical (unpaired) electrons. The minimum atomic E-state index is -0.227. The molecule has 0 saturated heterocycles. The minimum Gasteiger partial charge on any atom is -0.484 e. The first-order valence-electron chi connectivity index (χ1n) is 6.18. The topological polar surface area (TPSA) is 59.0 Å². The molecule has 0 aliphatic heterocycles. The summed E-state index contributed by atoms with van der Waals surface area (Å²) < 4.78 is 5.93. The van der Waals surface area contributed by atoms with Crippen molar-refractivity contribution in [3.63, 3.8) is 0 Å². The van der Waals surface area contributed by atoms with Gasteiger partial charge in [0.15, 0.2) is 0 Å². The molecule has 2 aromatic carbocycles. The number of hydrogen-bond donors (Lipinski definition) is 1. The molecule has 2 rings (SSSR count). The first-order valence-corrected chi connectivity index (χ1v) is 6.18. The second-order valence-corrected chi connectivity index (χ2v) is 4.45. The van der Waals surface area contributed by atoms with Crippen molar-refractivity contribution >= 4 is 0 Å². The number of ether oxygens (including phenoxy) is 1. The lowest BCUT2D eigenvalue weighted by atomic mass is 10.0. The van der Waals surface area contributed by atoms with Gasteiger partial charge in [-0.05, 0) is 30.7 Å². The van der Waals surface area contributed by atoms with Gasteiger partial charge in [-0.25, -0.2) is 0 Å². The van der Waals surface area contributed by atoms with E-state index in [0.717, 1.165) is 5.56 Å². The Kier molecular flexibility index (Phi) is 4.17. The van der Waals surface area contributed by atoms with Crippen molar-refractivity contribution < 1.29 is 4.74 Å². The fourth-order valence-corrected chi connectivity index (χ4v) is 1.91. The average Bonchev–Trinajstić information content (AvgIpc) is 2.45. The van der Waals surface area contributed by atoms with Gasteiger partial charge in [0.2, 0.25) is 0 Å². The Balaban J connectivity index is 2.25. The van der Waals surface area contributed by atoms with Crippen molar-refractivity contribution in [2.75, 3.05) is 0 Å². The smallest absolute Gasteiger partial charge is 0.138 e. The third-order valence-corrected chi connectivity index (χ3v) is 2.83. The molecule has 0 aliphatic carbocycles. The van der Waals surface area contributed by atoms with Crippen LogP contribution in [0.25, 0.3) is 0 Å². The summed E-state index contributed by atoms with van der Waals surface area (Å²) in [6.45, 7) is 1.91. The summed E-state index contributed by atoms with van der Waals surface area (Å²) in [6.07, 6.45) is -0.227. The predicted octanol–water partition coefficient (Wildman–Crippen LogP) is 3.03. The molecule has 0 heterocycles. The Hall–Kier alpha value is -2.31. The zero-order valence-corrected chi connectivity index (χ0v) is 10.8. The number of hydrogen-bond acceptors (Lipinski definition) is 3. The van der Waals surface area contributed by atoms with Crippen molar-refractivity contribution in [3.8, 4) is 11.8 Å². The van der Waals surface area contributed by atoms with Crippen molar-refractivity contribution in [3.05, 3.63) is 65.7 Å². The lowest BCUT2D eigenvalue weighted by Gasteiger charge is -2.23. The molecule has 0 aliphatic rings. The highest BCUT2D eigenvalue weighted by Crippen LogP contribution is 2.24. The van der Waals surface area contributed by atoms with E-state index in [9.17, 15) is 0 Å². The van der Waals surface area contributed by atoms with Crippen molar-refractivity contribution in [1.82, 2.24) is 0 Å². The number of rotatable bonds is 4. The molecular weight excluding hydrogens is 236 g/mol. The van der Waals surface area contributed by atoms with Crippen molar-refractivity contribution in [1.29, 1.82) is 5.26 Å². The zero-order chi connectivity index (χ0) is 13.7. The quantitative estimate of drug-likeness (QED) is 0.909. The molecule has 0 bridgehead atoms. The average molecular weight is 252 g/mol. The number of nitriles is 1. The molecule has 3 heteroatoms. The Morgan fingerprint density at radius 3 is 2.47 bits per heavy atom. The summed E-state index contributed by atoms with van der Waals surface area (Å²) in [6, 6.07) is 18.9. The van der Waals surface area contributed by atoms with E-state index in [1.54, 1.807) is 18.2 Å². The van der Waals surface area contributed by atoms with Crippen LogP contribution in [0.15, 0.2) is 54.6 Å². The molecule has 19 heavy (non-hydrogen) atoms. The van der Waals surface area contributed by atoms with Gasteiger partial charge in [-0.1, -0.05) is 36.4 Å². The standard InChI is InChI=1S/C16H16N2O/c1-12(18)16(14-7-3-2-4-8-14)19-15-9-5-6-13(10-15)11-17/h2-10,12,16H,18H2,1H3. The fraction of sp³-hybridized carbons (Fsp3) is 0.188. The van der Waals surface area contributed by atoms with Crippen molar-refractivity contribution in [2.45, 2.75) is 19.1 Å². The van der Waals surface area contributed by atoms with E-state index < -0.39 is 0 Å². The van der Waals surface area contributed by atoms with Gasteiger partial charge in [0.25, 0.3) is 0 Å². The Bertz CT molecular complexity index is 573. The van der Waals surface area contributed by atoms with Crippen LogP contribution in [-0.4, -0.2) is 6.04 Å². The lowest BCUT2D eigenvalue weighted by Crippen LogP contribution is -2.29. The molecule has 3 nitrogen and oxygen atoms in total. The molecule has 0 fully saturated rings. The zero-order valence-electron chi connectivity index (χ0n) is 10.8. The molecule has 2 atom stereocenters. The van der Waals surface area contributed by atoms with E-state index in [4.69, 9.17) is 15.7 Å². The summed E-state index contributed by atoms with van der Waals surface area (Å²) in [7, 11) is 0. The molecule has 0 saturated carbocycles. The maximum absolute atomic E-state index is 8.89. The van der Waals surface area contributed by atoms with Crippen LogP contribution < -0.4 is 10.5 Å². The fourth-order valence-electron chi connectivity index (χ4n) is 1.91. The summed E-state index contributed by atoms with van der Waals surface area (Å²) >= 11 is 0. The van der Waals surface area contributed by atoms with Crippen LogP contribution in [0.1, 0.15) is 24.2 Å². The molecule has 0 aromatic heterocycles. The van der Waals surface area contributed by atoms with Crippen LogP contribution in [0, 0.1) is 11.3 Å². The predicted molar refractivity (Wildman–Crippen MR) is 74.6 cm³/mol. The van der Waals surface area contributed by atoms with Gasteiger partial charge in [-0.15, -0.1) is 0 Å². The third-order valence-electron chi connectivity index (χ3n) is 2.83. The van der Waals surface area contributed by atoms with Gasteiger partial charge in [0, 0.05) is 6.04 Å². The third kappa shape index (κ3) is 3.34. The monoisotopic (exact) mass is 252 g/mol. The number of nitrogens with zero attached hydrogens (tertiary/aromatic N) is 1. The molecule has 2 aromatic rings. The second-order valence-electron chi connectivity index (χ2n) is 4.45. The highest BCUT2D eigenvalue weighted by molar-refractivity contribution is 5.36. The first kappa shape index (κ1) is 13.1. The highest BCUT2D eigenvalue weighted by atomic mass is 16.5. The molecule has 0 amide bonds. The van der Waals surface area contributed by atoms with Crippen molar-refractivity contribution in [2.24, 2.45) is 5.73 Å². The maximum Gasteiger partial charge on any atom is 0.138 e. The van der Waals surface area contributed by atoms with Crippen LogP contribution >= 0.6 is 0 Å². The lowest BCUT2D eigenvalue weighted by molar-refractivity contribution is 0.180. The second kappa shape index (κ2) is 6.03. The Labute approximate surface area is 113 Å². The van der Waals surface area contributed by atoms with Gasteiger partial charge in [0.05, 0.1) is 11.6 Å². The molecule has 2 N–H and O–H groups in total. The molecule has 2 unspecified atom stereocenters. The van der Waals surface area contributed by atoms with Gasteiger partial charge >= 0.3 is 0 Å². The number of benzene rings is 2. The first-order chi connectivity index (χ1) is 9.20. The minimum absolute atomic E-state index is 0.145. The van der Waals surface area contributed by atoms with E-state index in [1.165, 1.54) is 0 Å². The Morgan fingerprint density at radius 1 is 1.11 bits per heavy atom. The highest BCUT2D eigenvalue weighted by Gasteiger charge is 2.17. The molecular formula is C16H16N2O. The van der Waals surface area contributed by atoms with Crippen LogP contribution in [0.5, 0.6) is 5.75 Å². The van der Waals surface area contributed by atoms with Gasteiger partial charge in [-0.3, -0.25) is 0 Å². The largest absolute Gasteiger partial charge is 0.484 e. The van der Waals surface area contributed by atoms with Crippen LogP contribution in [0.4, 0.5) is 0 Å². The summed E-state index contributed by atoms with van der Waals surface area (Å²) in [5.74, 6) is 0.658. The van der Waals surface area contributed by atoms with Crippen LogP contribution in [0.3, 0.4) is 0 Å². The normalized spacial score (nSPS) is 13.3. The van der Waals surface area contributed by atoms with Gasteiger partial charge in [-0.2, -0.15) is 5.26 Å². The van der Waals surface area contributed by atoms with E-state index in [0.29, 0.717) is 11.3 Å². The molecule has 0 spiro atoms. The molecule has 96 valence electrons. The maximum atomic E-state index is 8.89. The van der Waals surface area contributed by atoms with Crippen LogP contribution in [0.2, 0.25) is 0 Å². The summed E-state index contributed by atoms with van der Waals surface area (Å²) in [5, 5.41) is 8.89. The number of nitrogens with two attached hydrogens (primary N) is 1. The van der Waals surface area contributed by atoms with Crippen LogP contribution in [-0.2, 0) is 0 Å². The summed E-state index contributed by atoms with van der Waals surface area (Å²) in [5.41, 5.74) is 7.60. The Morgan fingerprint density at radius 2 is 1.84 bits per heavy atom. The van der Waals surface area contributed by atoms with E-state index in [1.807, 2.05) is 43.3 Å². The van der Waals surface area contributed by atoms with Gasteiger partial charge in [0.1, 0.15) is 11.9 Å². The van der Waals surface area contributed by atoms with Gasteiger partial charge < -0.3 is 10.5 Å². The SMILES string of the molecule is CC(N)C(Oc1cccc(C#N)c1)c1ccccc1. The van der Waals surface area contributed by atoms with E-state index >= 15 is 0 Å². The van der Waals surface area contributed by atoms with E-state index in [-0.39, 0.29) is 12.1 Å². The summed E-state index contributed by atoms with van der Waals surface area (Å²) in [4.78, 5) is 0. The van der Waals surface area contributed by atoms with E-state index in [2.05, 4.69) is 6.07 Å².